The zero-order valence-electron chi connectivity index (χ0n) is 15.1. The van der Waals surface area contributed by atoms with Gasteiger partial charge < -0.3 is 24.5 Å². The molecule has 0 aliphatic rings. The fourth-order valence-corrected chi connectivity index (χ4v) is 2.46. The van der Waals surface area contributed by atoms with Crippen molar-refractivity contribution in [1.82, 2.24) is 10.3 Å². The van der Waals surface area contributed by atoms with Gasteiger partial charge in [-0.3, -0.25) is 0 Å². The summed E-state index contributed by atoms with van der Waals surface area (Å²) in [5.74, 6) is 0.172. The molecule has 2 N–H and O–H groups in total. The van der Waals surface area contributed by atoms with Gasteiger partial charge in [0, 0.05) is 23.5 Å². The average Bonchev–Trinajstić information content (AvgIpc) is 2.93. The number of amides is 1. The largest absolute Gasteiger partial charge is 0.497 e. The molecule has 0 radical (unpaired) electrons. The van der Waals surface area contributed by atoms with E-state index in [1.54, 1.807) is 34.1 Å². The van der Waals surface area contributed by atoms with E-state index in [1.165, 1.54) is 7.11 Å². The second-order valence-corrected chi connectivity index (χ2v) is 6.65. The summed E-state index contributed by atoms with van der Waals surface area (Å²) in [5.41, 5.74) is 1.12. The van der Waals surface area contributed by atoms with E-state index >= 15 is 0 Å². The monoisotopic (exact) mass is 348 g/mol. The summed E-state index contributed by atoms with van der Waals surface area (Å²) < 4.78 is 15.3. The fraction of sp³-hybridized carbons (Fsp3) is 0.444. The van der Waals surface area contributed by atoms with Gasteiger partial charge in [-0.2, -0.15) is 0 Å². The molecule has 0 saturated carbocycles. The van der Waals surface area contributed by atoms with Crippen molar-refractivity contribution in [3.8, 4) is 5.75 Å². The maximum absolute atomic E-state index is 12.1. The molecule has 0 aliphatic heterocycles. The molecular formula is C18H24N2O5. The van der Waals surface area contributed by atoms with Crippen molar-refractivity contribution in [2.45, 2.75) is 38.8 Å². The van der Waals surface area contributed by atoms with Crippen molar-refractivity contribution in [3.63, 3.8) is 0 Å². The van der Waals surface area contributed by atoms with Gasteiger partial charge in [0.1, 0.15) is 17.4 Å². The Labute approximate surface area is 146 Å². The third kappa shape index (κ3) is 4.89. The maximum atomic E-state index is 12.1. The van der Waals surface area contributed by atoms with E-state index in [2.05, 4.69) is 10.3 Å². The van der Waals surface area contributed by atoms with Crippen LogP contribution >= 0.6 is 0 Å². The van der Waals surface area contributed by atoms with Crippen LogP contribution in [0.4, 0.5) is 4.79 Å². The van der Waals surface area contributed by atoms with Crippen LogP contribution in [-0.2, 0) is 20.7 Å². The van der Waals surface area contributed by atoms with Crippen LogP contribution < -0.4 is 10.1 Å². The Morgan fingerprint density at radius 3 is 2.56 bits per heavy atom. The van der Waals surface area contributed by atoms with Gasteiger partial charge in [0.05, 0.1) is 14.2 Å². The van der Waals surface area contributed by atoms with E-state index in [9.17, 15) is 9.59 Å². The van der Waals surface area contributed by atoms with Gasteiger partial charge in [-0.25, -0.2) is 9.59 Å². The smallest absolute Gasteiger partial charge is 0.408 e. The lowest BCUT2D eigenvalue weighted by atomic mass is 10.0. The topological polar surface area (TPSA) is 89.7 Å². The van der Waals surface area contributed by atoms with Crippen LogP contribution in [0.5, 0.6) is 5.75 Å². The number of ether oxygens (including phenoxy) is 3. The Morgan fingerprint density at radius 1 is 1.24 bits per heavy atom. The molecule has 1 aromatic heterocycles. The highest BCUT2D eigenvalue weighted by molar-refractivity contribution is 5.87. The van der Waals surface area contributed by atoms with Crippen molar-refractivity contribution >= 4 is 23.0 Å². The highest BCUT2D eigenvalue weighted by Crippen LogP contribution is 2.24. The number of methoxy groups -OCH3 is 2. The molecule has 0 aliphatic carbocycles. The quantitative estimate of drug-likeness (QED) is 0.811. The SMILES string of the molecule is COC(=O)[C@H](Cc1c[nH]c2ccc(OC)cc12)NC(=O)OC(C)(C)C. The predicted octanol–water partition coefficient (Wildman–Crippen LogP) is 2.79. The summed E-state index contributed by atoms with van der Waals surface area (Å²) in [7, 11) is 2.87. The molecule has 1 amide bonds. The van der Waals surface area contributed by atoms with Gasteiger partial charge in [0.2, 0.25) is 0 Å². The van der Waals surface area contributed by atoms with Gasteiger partial charge in [-0.1, -0.05) is 0 Å². The number of carbonyl (C=O) groups is 2. The standard InChI is InChI=1S/C18H24N2O5/c1-18(2,3)25-17(22)20-15(16(21)24-5)8-11-10-19-14-7-6-12(23-4)9-13(11)14/h6-7,9-10,15,19H,8H2,1-5H3,(H,20,22)/t15-/m0/s1. The van der Waals surface area contributed by atoms with Crippen LogP contribution in [0.15, 0.2) is 24.4 Å². The van der Waals surface area contributed by atoms with Crippen LogP contribution in [0.25, 0.3) is 10.9 Å². The van der Waals surface area contributed by atoms with Crippen molar-refractivity contribution in [2.24, 2.45) is 0 Å². The second kappa shape index (κ2) is 7.46. The lowest BCUT2D eigenvalue weighted by Crippen LogP contribution is -2.45. The molecule has 1 atom stereocenters. The predicted molar refractivity (Wildman–Crippen MR) is 93.7 cm³/mol. The fourth-order valence-electron chi connectivity index (χ4n) is 2.46. The summed E-state index contributed by atoms with van der Waals surface area (Å²) in [5, 5.41) is 3.49. The second-order valence-electron chi connectivity index (χ2n) is 6.65. The van der Waals surface area contributed by atoms with Crippen molar-refractivity contribution in [1.29, 1.82) is 0 Å². The number of aromatic nitrogens is 1. The van der Waals surface area contributed by atoms with E-state index in [1.807, 2.05) is 18.2 Å². The van der Waals surface area contributed by atoms with Gasteiger partial charge in [-0.15, -0.1) is 0 Å². The van der Waals surface area contributed by atoms with Crippen molar-refractivity contribution in [3.05, 3.63) is 30.0 Å². The number of rotatable bonds is 5. The molecule has 0 spiro atoms. The molecule has 0 saturated heterocycles. The molecule has 25 heavy (non-hydrogen) atoms. The third-order valence-electron chi connectivity index (χ3n) is 3.58. The summed E-state index contributed by atoms with van der Waals surface area (Å²) >= 11 is 0. The molecule has 1 heterocycles. The van der Waals surface area contributed by atoms with E-state index in [0.29, 0.717) is 5.75 Å². The van der Waals surface area contributed by atoms with Crippen LogP contribution in [-0.4, -0.2) is 42.9 Å². The van der Waals surface area contributed by atoms with Gasteiger partial charge in [-0.05, 0) is 44.5 Å². The van der Waals surface area contributed by atoms with Crippen LogP contribution in [0, 0.1) is 0 Å². The summed E-state index contributed by atoms with van der Waals surface area (Å²) in [6, 6.07) is 4.76. The number of hydrogen-bond donors (Lipinski definition) is 2. The zero-order chi connectivity index (χ0) is 18.6. The Bertz CT molecular complexity index is 760. The average molecular weight is 348 g/mol. The van der Waals surface area contributed by atoms with Gasteiger partial charge in [0.15, 0.2) is 0 Å². The minimum atomic E-state index is -0.856. The minimum Gasteiger partial charge on any atom is -0.497 e. The molecule has 136 valence electrons. The Hall–Kier alpha value is -2.70. The van der Waals surface area contributed by atoms with Crippen LogP contribution in [0.3, 0.4) is 0 Å². The molecule has 0 bridgehead atoms. The normalized spacial score (nSPS) is 12.5. The number of nitrogens with one attached hydrogen (secondary N) is 2. The lowest BCUT2D eigenvalue weighted by Gasteiger charge is -2.22. The number of fused-ring (bicyclic) bond motifs is 1. The summed E-state index contributed by atoms with van der Waals surface area (Å²) in [6.45, 7) is 5.27. The van der Waals surface area contributed by atoms with E-state index in [-0.39, 0.29) is 6.42 Å². The number of benzene rings is 1. The first-order valence-corrected chi connectivity index (χ1v) is 7.95. The van der Waals surface area contributed by atoms with Crippen molar-refractivity contribution < 1.29 is 23.8 Å². The Morgan fingerprint density at radius 2 is 1.96 bits per heavy atom. The molecule has 1 aromatic carbocycles. The molecule has 0 unspecified atom stereocenters. The Kier molecular flexibility index (Phi) is 5.56. The summed E-state index contributed by atoms with van der Waals surface area (Å²) in [4.78, 5) is 27.2. The number of H-pyrrole nitrogens is 1. The Balaban J connectivity index is 2.22. The number of hydrogen-bond acceptors (Lipinski definition) is 5. The van der Waals surface area contributed by atoms with Crippen LogP contribution in [0.2, 0.25) is 0 Å². The number of esters is 1. The van der Waals surface area contributed by atoms with E-state index in [0.717, 1.165) is 16.5 Å². The molecule has 2 aromatic rings. The maximum Gasteiger partial charge on any atom is 0.408 e. The van der Waals surface area contributed by atoms with Gasteiger partial charge in [0.25, 0.3) is 0 Å². The first kappa shape index (κ1) is 18.6. The van der Waals surface area contributed by atoms with E-state index < -0.39 is 23.7 Å². The molecule has 7 nitrogen and oxygen atoms in total. The molecule has 0 fully saturated rings. The highest BCUT2D eigenvalue weighted by atomic mass is 16.6. The minimum absolute atomic E-state index is 0.263. The van der Waals surface area contributed by atoms with E-state index in [4.69, 9.17) is 14.2 Å². The highest BCUT2D eigenvalue weighted by Gasteiger charge is 2.26. The lowest BCUT2D eigenvalue weighted by molar-refractivity contribution is -0.143. The molecule has 2 rings (SSSR count). The molecular weight excluding hydrogens is 324 g/mol. The number of carbonyl (C=O) groups excluding carboxylic acids is 2. The van der Waals surface area contributed by atoms with Crippen LogP contribution in [0.1, 0.15) is 26.3 Å². The molecule has 7 heteroatoms. The summed E-state index contributed by atoms with van der Waals surface area (Å²) in [6.07, 6.45) is 1.40. The van der Waals surface area contributed by atoms with Gasteiger partial charge >= 0.3 is 12.1 Å². The number of aromatic amines is 1. The van der Waals surface area contributed by atoms with Crippen molar-refractivity contribution in [2.75, 3.05) is 14.2 Å². The first-order chi connectivity index (χ1) is 11.7. The first-order valence-electron chi connectivity index (χ1n) is 7.95. The zero-order valence-corrected chi connectivity index (χ0v) is 15.1. The number of alkyl carbamates (subject to hydrolysis) is 1. The third-order valence-corrected chi connectivity index (χ3v) is 3.58.